The zero-order valence-corrected chi connectivity index (χ0v) is 8.12. The predicted octanol–water partition coefficient (Wildman–Crippen LogP) is 2.32. The van der Waals surface area contributed by atoms with E-state index in [-0.39, 0.29) is 11.5 Å². The third kappa shape index (κ3) is 1.20. The van der Waals surface area contributed by atoms with Crippen molar-refractivity contribution in [1.82, 2.24) is 0 Å². The van der Waals surface area contributed by atoms with Crippen LogP contribution in [-0.4, -0.2) is 6.04 Å². The summed E-state index contributed by atoms with van der Waals surface area (Å²) in [6.07, 6.45) is 4.20. The summed E-state index contributed by atoms with van der Waals surface area (Å²) < 4.78 is 0. The topological polar surface area (TPSA) is 26.0 Å². The molecule has 0 fully saturated rings. The summed E-state index contributed by atoms with van der Waals surface area (Å²) in [6.45, 7) is 4.39. The van der Waals surface area contributed by atoms with E-state index in [9.17, 15) is 0 Å². The Morgan fingerprint density at radius 1 is 1.23 bits per heavy atom. The molecule has 0 aromatic heterocycles. The summed E-state index contributed by atoms with van der Waals surface area (Å²) in [5.74, 6) is 0. The first kappa shape index (κ1) is 8.52. The molecular formula is C12H15N. The molecule has 1 atom stereocenters. The van der Waals surface area contributed by atoms with E-state index in [1.165, 1.54) is 11.1 Å². The van der Waals surface area contributed by atoms with Gasteiger partial charge in [0.05, 0.1) is 0 Å². The molecule has 0 spiro atoms. The molecule has 1 aliphatic rings. The zero-order valence-electron chi connectivity index (χ0n) is 8.12. The Morgan fingerprint density at radius 3 is 2.69 bits per heavy atom. The Balaban J connectivity index is 2.61. The second-order valence-corrected chi connectivity index (χ2v) is 4.19. The number of rotatable bonds is 0. The molecule has 0 radical (unpaired) electrons. The maximum absolute atomic E-state index is 6.04. The van der Waals surface area contributed by atoms with E-state index in [0.717, 1.165) is 0 Å². The highest BCUT2D eigenvalue weighted by molar-refractivity contribution is 5.60. The first-order chi connectivity index (χ1) is 6.12. The molecule has 2 rings (SSSR count). The van der Waals surface area contributed by atoms with Gasteiger partial charge in [-0.2, -0.15) is 0 Å². The third-order valence-electron chi connectivity index (χ3n) is 2.97. The van der Waals surface area contributed by atoms with Crippen LogP contribution in [0.5, 0.6) is 0 Å². The predicted molar refractivity (Wildman–Crippen MR) is 56.5 cm³/mol. The lowest BCUT2D eigenvalue weighted by molar-refractivity contribution is 0.462. The molecule has 0 saturated carbocycles. The van der Waals surface area contributed by atoms with Gasteiger partial charge in [0.1, 0.15) is 0 Å². The summed E-state index contributed by atoms with van der Waals surface area (Å²) >= 11 is 0. The van der Waals surface area contributed by atoms with Crippen molar-refractivity contribution in [3.63, 3.8) is 0 Å². The molecule has 0 amide bonds. The van der Waals surface area contributed by atoms with E-state index < -0.39 is 0 Å². The van der Waals surface area contributed by atoms with Crippen LogP contribution in [0.4, 0.5) is 0 Å². The Morgan fingerprint density at radius 2 is 1.92 bits per heavy atom. The SMILES string of the molecule is CC1(C)c2ccccc2C=CC1N. The highest BCUT2D eigenvalue weighted by Gasteiger charge is 2.30. The summed E-state index contributed by atoms with van der Waals surface area (Å²) in [5, 5.41) is 0. The van der Waals surface area contributed by atoms with Crippen LogP contribution in [0, 0.1) is 0 Å². The molecule has 0 heterocycles. The van der Waals surface area contributed by atoms with Gasteiger partial charge in [-0.15, -0.1) is 0 Å². The molecule has 1 aliphatic carbocycles. The number of fused-ring (bicyclic) bond motifs is 1. The molecule has 1 nitrogen and oxygen atoms in total. The lowest BCUT2D eigenvalue weighted by atomic mass is 9.73. The van der Waals surface area contributed by atoms with Crippen LogP contribution in [0.1, 0.15) is 25.0 Å². The summed E-state index contributed by atoms with van der Waals surface area (Å²) in [4.78, 5) is 0. The van der Waals surface area contributed by atoms with Gasteiger partial charge >= 0.3 is 0 Å². The maximum Gasteiger partial charge on any atom is 0.0320 e. The van der Waals surface area contributed by atoms with E-state index in [0.29, 0.717) is 0 Å². The fourth-order valence-electron chi connectivity index (χ4n) is 1.86. The molecule has 1 aromatic rings. The van der Waals surface area contributed by atoms with Crippen LogP contribution in [-0.2, 0) is 5.41 Å². The van der Waals surface area contributed by atoms with E-state index in [4.69, 9.17) is 5.73 Å². The Bertz CT molecular complexity index is 350. The summed E-state index contributed by atoms with van der Waals surface area (Å²) in [7, 11) is 0. The highest BCUT2D eigenvalue weighted by Crippen LogP contribution is 2.33. The van der Waals surface area contributed by atoms with Gasteiger partial charge in [0.25, 0.3) is 0 Å². The normalized spacial score (nSPS) is 24.1. The fourth-order valence-corrected chi connectivity index (χ4v) is 1.86. The van der Waals surface area contributed by atoms with Crippen molar-refractivity contribution >= 4 is 6.08 Å². The number of benzene rings is 1. The van der Waals surface area contributed by atoms with Gasteiger partial charge in [-0.25, -0.2) is 0 Å². The van der Waals surface area contributed by atoms with Crippen LogP contribution in [0.3, 0.4) is 0 Å². The van der Waals surface area contributed by atoms with Crippen molar-refractivity contribution in [2.75, 3.05) is 0 Å². The number of hydrogen-bond acceptors (Lipinski definition) is 1. The Kier molecular flexibility index (Phi) is 1.77. The number of hydrogen-bond donors (Lipinski definition) is 1. The van der Waals surface area contributed by atoms with E-state index >= 15 is 0 Å². The molecule has 0 saturated heterocycles. The van der Waals surface area contributed by atoms with Gasteiger partial charge in [-0.1, -0.05) is 50.3 Å². The molecule has 1 aromatic carbocycles. The summed E-state index contributed by atoms with van der Waals surface area (Å²) in [5.41, 5.74) is 8.75. The maximum atomic E-state index is 6.04. The van der Waals surface area contributed by atoms with Crippen LogP contribution in [0.15, 0.2) is 30.3 Å². The molecule has 0 aliphatic heterocycles. The smallest absolute Gasteiger partial charge is 0.0320 e. The second-order valence-electron chi connectivity index (χ2n) is 4.19. The van der Waals surface area contributed by atoms with Gasteiger partial charge in [0.2, 0.25) is 0 Å². The molecule has 1 unspecified atom stereocenters. The number of nitrogens with two attached hydrogens (primary N) is 1. The summed E-state index contributed by atoms with van der Waals surface area (Å²) in [6, 6.07) is 8.57. The second kappa shape index (κ2) is 2.71. The van der Waals surface area contributed by atoms with E-state index in [1.807, 2.05) is 0 Å². The van der Waals surface area contributed by atoms with Crippen molar-refractivity contribution in [1.29, 1.82) is 0 Å². The van der Waals surface area contributed by atoms with Gasteiger partial charge in [-0.05, 0) is 11.1 Å². The van der Waals surface area contributed by atoms with Crippen molar-refractivity contribution < 1.29 is 0 Å². The minimum Gasteiger partial charge on any atom is -0.324 e. The van der Waals surface area contributed by atoms with Crippen molar-refractivity contribution in [2.24, 2.45) is 5.73 Å². The lowest BCUT2D eigenvalue weighted by Gasteiger charge is -2.34. The molecular weight excluding hydrogens is 158 g/mol. The van der Waals surface area contributed by atoms with E-state index in [2.05, 4.69) is 50.3 Å². The molecule has 1 heteroatoms. The highest BCUT2D eigenvalue weighted by atomic mass is 14.7. The monoisotopic (exact) mass is 173 g/mol. The average Bonchev–Trinajstić information content (AvgIpc) is 2.13. The Hall–Kier alpha value is -1.08. The minimum absolute atomic E-state index is 0.0609. The molecule has 0 bridgehead atoms. The first-order valence-corrected chi connectivity index (χ1v) is 4.65. The van der Waals surface area contributed by atoms with Crippen molar-refractivity contribution in [3.8, 4) is 0 Å². The molecule has 68 valence electrons. The van der Waals surface area contributed by atoms with Crippen molar-refractivity contribution in [2.45, 2.75) is 25.3 Å². The van der Waals surface area contributed by atoms with Crippen LogP contribution < -0.4 is 5.73 Å². The third-order valence-corrected chi connectivity index (χ3v) is 2.97. The first-order valence-electron chi connectivity index (χ1n) is 4.65. The molecule has 2 N–H and O–H groups in total. The van der Waals surface area contributed by atoms with Crippen LogP contribution >= 0.6 is 0 Å². The van der Waals surface area contributed by atoms with Gasteiger partial charge in [-0.3, -0.25) is 0 Å². The average molecular weight is 173 g/mol. The Labute approximate surface area is 79.3 Å². The van der Waals surface area contributed by atoms with Crippen LogP contribution in [0.25, 0.3) is 6.08 Å². The largest absolute Gasteiger partial charge is 0.324 e. The standard InChI is InChI=1S/C12H15N/c1-12(2)10-6-4-3-5-9(10)7-8-11(12)13/h3-8,11H,13H2,1-2H3. The quantitative estimate of drug-likeness (QED) is 0.640. The lowest BCUT2D eigenvalue weighted by Crippen LogP contribution is -2.41. The minimum atomic E-state index is 0.0609. The van der Waals surface area contributed by atoms with Gasteiger partial charge in [0, 0.05) is 11.5 Å². The van der Waals surface area contributed by atoms with Crippen molar-refractivity contribution in [3.05, 3.63) is 41.5 Å². The zero-order chi connectivity index (χ0) is 9.47. The van der Waals surface area contributed by atoms with Gasteiger partial charge in [0.15, 0.2) is 0 Å². The van der Waals surface area contributed by atoms with Crippen LogP contribution in [0.2, 0.25) is 0 Å². The molecule has 13 heavy (non-hydrogen) atoms. The fraction of sp³-hybridized carbons (Fsp3) is 0.333. The van der Waals surface area contributed by atoms with Gasteiger partial charge < -0.3 is 5.73 Å². The van der Waals surface area contributed by atoms with E-state index in [1.54, 1.807) is 0 Å².